The molecule has 1 aromatic carbocycles. The molecule has 2 nitrogen and oxygen atoms in total. The number of hydrogen-bond acceptors (Lipinski definition) is 2. The Hall–Kier alpha value is -0.960. The van der Waals surface area contributed by atoms with E-state index < -0.39 is 0 Å². The van der Waals surface area contributed by atoms with Gasteiger partial charge in [0.25, 0.3) is 0 Å². The SMILES string of the molecule is CC1CCC(CNC(=O)C(S)Cc2ccccc2)C1. The van der Waals surface area contributed by atoms with Crippen molar-refractivity contribution in [2.45, 2.75) is 37.9 Å². The van der Waals surface area contributed by atoms with E-state index in [2.05, 4.69) is 24.9 Å². The number of amides is 1. The summed E-state index contributed by atoms with van der Waals surface area (Å²) in [7, 11) is 0. The molecule has 1 saturated carbocycles. The third-order valence-corrected chi connectivity index (χ3v) is 4.36. The summed E-state index contributed by atoms with van der Waals surface area (Å²) in [6.07, 6.45) is 4.49. The maximum absolute atomic E-state index is 12.0. The van der Waals surface area contributed by atoms with Crippen LogP contribution in [0.15, 0.2) is 30.3 Å². The van der Waals surface area contributed by atoms with E-state index in [-0.39, 0.29) is 11.2 Å². The topological polar surface area (TPSA) is 29.1 Å². The maximum atomic E-state index is 12.0. The second kappa shape index (κ2) is 6.99. The van der Waals surface area contributed by atoms with Crippen LogP contribution in [0.5, 0.6) is 0 Å². The molecule has 0 radical (unpaired) electrons. The third kappa shape index (κ3) is 4.57. The molecule has 3 unspecified atom stereocenters. The fourth-order valence-corrected chi connectivity index (χ4v) is 3.11. The van der Waals surface area contributed by atoms with E-state index >= 15 is 0 Å². The molecule has 1 fully saturated rings. The normalized spacial score (nSPS) is 24.1. The highest BCUT2D eigenvalue weighted by Gasteiger charge is 2.22. The Balaban J connectivity index is 1.73. The predicted octanol–water partition coefficient (Wildman–Crippen LogP) is 3.08. The number of nitrogens with one attached hydrogen (secondary N) is 1. The van der Waals surface area contributed by atoms with Crippen LogP contribution in [0.1, 0.15) is 31.7 Å². The van der Waals surface area contributed by atoms with Crippen molar-refractivity contribution in [1.82, 2.24) is 5.32 Å². The molecule has 0 heterocycles. The Morgan fingerprint density at radius 2 is 2.11 bits per heavy atom. The molecule has 0 spiro atoms. The minimum atomic E-state index is -0.249. The Kier molecular flexibility index (Phi) is 5.32. The van der Waals surface area contributed by atoms with Crippen molar-refractivity contribution in [2.24, 2.45) is 11.8 Å². The number of rotatable bonds is 5. The van der Waals surface area contributed by atoms with Crippen LogP contribution in [0.25, 0.3) is 0 Å². The van der Waals surface area contributed by atoms with Crippen LogP contribution in [0.3, 0.4) is 0 Å². The van der Waals surface area contributed by atoms with Gasteiger partial charge in [-0.3, -0.25) is 4.79 Å². The minimum Gasteiger partial charge on any atom is -0.355 e. The van der Waals surface area contributed by atoms with E-state index in [9.17, 15) is 4.79 Å². The van der Waals surface area contributed by atoms with Crippen LogP contribution in [0.2, 0.25) is 0 Å². The smallest absolute Gasteiger partial charge is 0.233 e. The standard InChI is InChI=1S/C16H23NOS/c1-12-7-8-14(9-12)11-17-16(18)15(19)10-13-5-3-2-4-6-13/h2-6,12,14-15,19H,7-11H2,1H3,(H,17,18). The molecule has 3 heteroatoms. The van der Waals surface area contributed by atoms with E-state index in [0.717, 1.165) is 18.0 Å². The predicted molar refractivity (Wildman–Crippen MR) is 82.4 cm³/mol. The number of thiol groups is 1. The zero-order valence-corrected chi connectivity index (χ0v) is 12.4. The van der Waals surface area contributed by atoms with Crippen molar-refractivity contribution in [3.05, 3.63) is 35.9 Å². The second-order valence-electron chi connectivity index (χ2n) is 5.73. The Labute approximate surface area is 121 Å². The molecular formula is C16H23NOS. The van der Waals surface area contributed by atoms with E-state index in [0.29, 0.717) is 12.3 Å². The summed E-state index contributed by atoms with van der Waals surface area (Å²) in [4.78, 5) is 12.0. The summed E-state index contributed by atoms with van der Waals surface area (Å²) < 4.78 is 0. The summed E-state index contributed by atoms with van der Waals surface area (Å²) >= 11 is 4.42. The van der Waals surface area contributed by atoms with Crippen LogP contribution in [-0.4, -0.2) is 17.7 Å². The molecule has 0 aromatic heterocycles. The van der Waals surface area contributed by atoms with Gasteiger partial charge < -0.3 is 5.32 Å². The fourth-order valence-electron chi connectivity index (χ4n) is 2.80. The van der Waals surface area contributed by atoms with E-state index in [1.54, 1.807) is 0 Å². The first-order valence-electron chi connectivity index (χ1n) is 7.15. The number of carbonyl (C=O) groups excluding carboxylic acids is 1. The van der Waals surface area contributed by atoms with Gasteiger partial charge in [0, 0.05) is 6.54 Å². The van der Waals surface area contributed by atoms with Crippen LogP contribution < -0.4 is 5.32 Å². The van der Waals surface area contributed by atoms with Gasteiger partial charge in [0.15, 0.2) is 0 Å². The van der Waals surface area contributed by atoms with Gasteiger partial charge >= 0.3 is 0 Å². The molecule has 1 aliphatic rings. The minimum absolute atomic E-state index is 0.0618. The van der Waals surface area contributed by atoms with Gasteiger partial charge in [-0.25, -0.2) is 0 Å². The summed E-state index contributed by atoms with van der Waals surface area (Å²) in [5.74, 6) is 1.54. The van der Waals surface area contributed by atoms with Gasteiger partial charge in [-0.1, -0.05) is 43.7 Å². The highest BCUT2D eigenvalue weighted by Crippen LogP contribution is 2.29. The van der Waals surface area contributed by atoms with Gasteiger partial charge in [0.05, 0.1) is 5.25 Å². The molecule has 104 valence electrons. The molecule has 1 aliphatic carbocycles. The van der Waals surface area contributed by atoms with Crippen molar-refractivity contribution >= 4 is 18.5 Å². The first-order valence-corrected chi connectivity index (χ1v) is 7.66. The summed E-state index contributed by atoms with van der Waals surface area (Å²) in [5.41, 5.74) is 1.16. The molecule has 0 aliphatic heterocycles. The van der Waals surface area contributed by atoms with Crippen molar-refractivity contribution in [3.8, 4) is 0 Å². The molecule has 1 aromatic rings. The average molecular weight is 277 g/mol. The summed E-state index contributed by atoms with van der Waals surface area (Å²) in [5, 5.41) is 2.80. The van der Waals surface area contributed by atoms with Crippen molar-refractivity contribution < 1.29 is 4.79 Å². The van der Waals surface area contributed by atoms with E-state index in [1.165, 1.54) is 19.3 Å². The lowest BCUT2D eigenvalue weighted by Gasteiger charge is -2.15. The van der Waals surface area contributed by atoms with Crippen molar-refractivity contribution in [1.29, 1.82) is 0 Å². The second-order valence-corrected chi connectivity index (χ2v) is 6.36. The van der Waals surface area contributed by atoms with Gasteiger partial charge in [0.1, 0.15) is 0 Å². The molecule has 0 saturated heterocycles. The zero-order valence-electron chi connectivity index (χ0n) is 11.5. The molecule has 1 amide bonds. The first-order chi connectivity index (χ1) is 9.15. The fraction of sp³-hybridized carbons (Fsp3) is 0.562. The van der Waals surface area contributed by atoms with Crippen LogP contribution >= 0.6 is 12.6 Å². The van der Waals surface area contributed by atoms with Gasteiger partial charge in [-0.15, -0.1) is 0 Å². The molecule has 2 rings (SSSR count). The number of hydrogen-bond donors (Lipinski definition) is 2. The van der Waals surface area contributed by atoms with Gasteiger partial charge in [-0.2, -0.15) is 12.6 Å². The number of benzene rings is 1. The van der Waals surface area contributed by atoms with Crippen LogP contribution in [-0.2, 0) is 11.2 Å². The molecule has 0 bridgehead atoms. The highest BCUT2D eigenvalue weighted by atomic mass is 32.1. The van der Waals surface area contributed by atoms with Gasteiger partial charge in [-0.05, 0) is 36.7 Å². The third-order valence-electron chi connectivity index (χ3n) is 3.94. The van der Waals surface area contributed by atoms with Gasteiger partial charge in [0.2, 0.25) is 5.91 Å². The monoisotopic (exact) mass is 277 g/mol. The summed E-state index contributed by atoms with van der Waals surface area (Å²) in [6, 6.07) is 10.0. The maximum Gasteiger partial charge on any atom is 0.233 e. The van der Waals surface area contributed by atoms with Crippen LogP contribution in [0.4, 0.5) is 0 Å². The lowest BCUT2D eigenvalue weighted by molar-refractivity contribution is -0.120. The van der Waals surface area contributed by atoms with Crippen molar-refractivity contribution in [3.63, 3.8) is 0 Å². The number of carbonyl (C=O) groups is 1. The first kappa shape index (κ1) is 14.4. The molecule has 3 atom stereocenters. The van der Waals surface area contributed by atoms with E-state index in [1.807, 2.05) is 30.3 Å². The quantitative estimate of drug-likeness (QED) is 0.796. The average Bonchev–Trinajstić information content (AvgIpc) is 2.83. The molecular weight excluding hydrogens is 254 g/mol. The van der Waals surface area contributed by atoms with Crippen molar-refractivity contribution in [2.75, 3.05) is 6.54 Å². The largest absolute Gasteiger partial charge is 0.355 e. The lowest BCUT2D eigenvalue weighted by Crippen LogP contribution is -2.35. The van der Waals surface area contributed by atoms with Crippen LogP contribution in [0, 0.1) is 11.8 Å². The highest BCUT2D eigenvalue weighted by molar-refractivity contribution is 7.81. The summed E-state index contributed by atoms with van der Waals surface area (Å²) in [6.45, 7) is 3.10. The van der Waals surface area contributed by atoms with E-state index in [4.69, 9.17) is 0 Å². The lowest BCUT2D eigenvalue weighted by atomic mass is 10.1. The molecule has 19 heavy (non-hydrogen) atoms. The Bertz CT molecular complexity index is 406. The zero-order chi connectivity index (χ0) is 13.7. The molecule has 1 N–H and O–H groups in total. The Morgan fingerprint density at radius 1 is 1.37 bits per heavy atom. The Morgan fingerprint density at radius 3 is 2.74 bits per heavy atom.